The number of ether oxygens (including phenoxy) is 1. The second-order valence-electron chi connectivity index (χ2n) is 7.58. The Kier molecular flexibility index (Phi) is 7.35. The molecule has 0 saturated carbocycles. The fourth-order valence-corrected chi connectivity index (χ4v) is 4.56. The van der Waals surface area contributed by atoms with Crippen LogP contribution in [0.4, 0.5) is 0 Å². The lowest BCUT2D eigenvalue weighted by Gasteiger charge is -2.34. The molecule has 29 heavy (non-hydrogen) atoms. The summed E-state index contributed by atoms with van der Waals surface area (Å²) in [6.07, 6.45) is 2.78. The average Bonchev–Trinajstić information content (AvgIpc) is 3.30. The molecule has 0 radical (unpaired) electrons. The number of hydrogen-bond donors (Lipinski definition) is 0. The lowest BCUT2D eigenvalue weighted by Crippen LogP contribution is -2.43. The van der Waals surface area contributed by atoms with Crippen molar-refractivity contribution in [1.29, 1.82) is 0 Å². The molecule has 0 spiro atoms. The Morgan fingerprint density at radius 1 is 1.28 bits per heavy atom. The summed E-state index contributed by atoms with van der Waals surface area (Å²) >= 11 is 1.34. The summed E-state index contributed by atoms with van der Waals surface area (Å²) in [4.78, 5) is 26.6. The minimum Gasteiger partial charge on any atom is -0.467 e. The minimum atomic E-state index is -0.357. The van der Waals surface area contributed by atoms with Crippen molar-refractivity contribution in [2.45, 2.75) is 45.3 Å². The van der Waals surface area contributed by atoms with Gasteiger partial charge < -0.3 is 14.1 Å². The topological polar surface area (TPSA) is 90.5 Å². The van der Waals surface area contributed by atoms with Gasteiger partial charge in [-0.05, 0) is 37.3 Å². The molecule has 158 valence electrons. The highest BCUT2D eigenvalue weighted by Gasteiger charge is 2.26. The summed E-state index contributed by atoms with van der Waals surface area (Å²) in [7, 11) is 0. The van der Waals surface area contributed by atoms with Crippen molar-refractivity contribution in [3.05, 3.63) is 30.0 Å². The van der Waals surface area contributed by atoms with Crippen LogP contribution in [0.5, 0.6) is 0 Å². The van der Waals surface area contributed by atoms with Crippen LogP contribution in [0.15, 0.2) is 28.0 Å². The predicted octanol–water partition coefficient (Wildman–Crippen LogP) is 2.62. The molecule has 0 aromatic carbocycles. The smallest absolute Gasteiger partial charge is 0.313 e. The Morgan fingerprint density at radius 2 is 2.03 bits per heavy atom. The molecule has 8 nitrogen and oxygen atoms in total. The number of hydrogen-bond acceptors (Lipinski definition) is 7. The Labute approximate surface area is 175 Å². The summed E-state index contributed by atoms with van der Waals surface area (Å²) in [5, 5.41) is 8.96. The highest BCUT2D eigenvalue weighted by Crippen LogP contribution is 2.24. The molecule has 2 aromatic rings. The second kappa shape index (κ2) is 9.96. The van der Waals surface area contributed by atoms with Gasteiger partial charge in [0.1, 0.15) is 18.0 Å². The van der Waals surface area contributed by atoms with E-state index in [1.54, 1.807) is 19.3 Å². The van der Waals surface area contributed by atoms with Gasteiger partial charge in [-0.3, -0.25) is 14.2 Å². The maximum atomic E-state index is 12.7. The van der Waals surface area contributed by atoms with E-state index in [0.29, 0.717) is 36.0 Å². The van der Waals surface area contributed by atoms with Crippen molar-refractivity contribution in [1.82, 2.24) is 19.7 Å². The van der Waals surface area contributed by atoms with E-state index >= 15 is 0 Å². The molecule has 0 aliphatic carbocycles. The van der Waals surface area contributed by atoms with E-state index in [1.807, 2.05) is 15.5 Å². The quantitative estimate of drug-likeness (QED) is 0.479. The molecule has 2 unspecified atom stereocenters. The van der Waals surface area contributed by atoms with Crippen LogP contribution in [0.2, 0.25) is 0 Å². The number of rotatable bonds is 8. The molecule has 1 amide bonds. The number of esters is 1. The van der Waals surface area contributed by atoms with Gasteiger partial charge in [0, 0.05) is 13.1 Å². The maximum absolute atomic E-state index is 12.7. The molecule has 3 rings (SSSR count). The number of carbonyl (C=O) groups is 2. The van der Waals surface area contributed by atoms with Crippen LogP contribution in [0.1, 0.15) is 38.8 Å². The summed E-state index contributed by atoms with van der Waals surface area (Å²) < 4.78 is 12.3. The fraction of sp³-hybridized carbons (Fsp3) is 0.600. The van der Waals surface area contributed by atoms with Crippen molar-refractivity contribution in [3.63, 3.8) is 0 Å². The van der Waals surface area contributed by atoms with Crippen molar-refractivity contribution in [2.75, 3.05) is 25.4 Å². The SMILES string of the molecule is CCOC(=O)Cc1nnc(SCC(=O)N2CC(C)CC(C)C2)n1Cc1ccco1. The first-order valence-electron chi connectivity index (χ1n) is 9.96. The van der Waals surface area contributed by atoms with E-state index < -0.39 is 0 Å². The maximum Gasteiger partial charge on any atom is 0.313 e. The minimum absolute atomic E-state index is 0.0250. The first-order chi connectivity index (χ1) is 14.0. The fourth-order valence-electron chi connectivity index (χ4n) is 3.70. The van der Waals surface area contributed by atoms with Crippen LogP contribution in [0, 0.1) is 11.8 Å². The van der Waals surface area contributed by atoms with Crippen LogP contribution in [0.25, 0.3) is 0 Å². The van der Waals surface area contributed by atoms with Crippen molar-refractivity contribution in [2.24, 2.45) is 11.8 Å². The van der Waals surface area contributed by atoms with E-state index in [-0.39, 0.29) is 24.1 Å². The van der Waals surface area contributed by atoms with Crippen molar-refractivity contribution >= 4 is 23.6 Å². The standard InChI is InChI=1S/C20H28N4O4S/c1-4-27-19(26)9-17-21-22-20(24(17)12-16-6-5-7-28-16)29-13-18(25)23-10-14(2)8-15(3)11-23/h5-7,14-15H,4,8-13H2,1-3H3. The second-order valence-corrected chi connectivity index (χ2v) is 8.52. The largest absolute Gasteiger partial charge is 0.467 e. The zero-order chi connectivity index (χ0) is 20.8. The van der Waals surface area contributed by atoms with Gasteiger partial charge in [-0.15, -0.1) is 10.2 Å². The normalized spacial score (nSPS) is 19.3. The van der Waals surface area contributed by atoms with E-state index in [2.05, 4.69) is 24.0 Å². The molecule has 3 heterocycles. The van der Waals surface area contributed by atoms with Crippen LogP contribution < -0.4 is 0 Å². The first-order valence-corrected chi connectivity index (χ1v) is 11.0. The molecular formula is C20H28N4O4S. The third-order valence-electron chi connectivity index (χ3n) is 4.84. The molecular weight excluding hydrogens is 392 g/mol. The van der Waals surface area contributed by atoms with Gasteiger partial charge in [0.15, 0.2) is 5.16 Å². The summed E-state index contributed by atoms with van der Waals surface area (Å²) in [6.45, 7) is 8.45. The summed E-state index contributed by atoms with van der Waals surface area (Å²) in [6, 6.07) is 3.66. The summed E-state index contributed by atoms with van der Waals surface area (Å²) in [5.41, 5.74) is 0. The van der Waals surface area contributed by atoms with Gasteiger partial charge in [-0.2, -0.15) is 0 Å². The number of aromatic nitrogens is 3. The third-order valence-corrected chi connectivity index (χ3v) is 5.79. The van der Waals surface area contributed by atoms with E-state index in [1.165, 1.54) is 11.8 Å². The molecule has 9 heteroatoms. The van der Waals surface area contributed by atoms with E-state index in [0.717, 1.165) is 25.3 Å². The molecule has 0 N–H and O–H groups in total. The van der Waals surface area contributed by atoms with E-state index in [9.17, 15) is 9.59 Å². The van der Waals surface area contributed by atoms with Gasteiger partial charge >= 0.3 is 5.97 Å². The predicted molar refractivity (Wildman–Crippen MR) is 108 cm³/mol. The Morgan fingerprint density at radius 3 is 2.69 bits per heavy atom. The van der Waals surface area contributed by atoms with E-state index in [4.69, 9.17) is 9.15 Å². The summed E-state index contributed by atoms with van der Waals surface area (Å²) in [5.74, 6) is 2.29. The molecule has 2 aromatic heterocycles. The van der Waals surface area contributed by atoms with Gasteiger partial charge in [0.25, 0.3) is 0 Å². The number of carbonyl (C=O) groups excluding carboxylic acids is 2. The molecule has 1 aliphatic rings. The van der Waals surface area contributed by atoms with Crippen molar-refractivity contribution in [3.8, 4) is 0 Å². The van der Waals surface area contributed by atoms with Crippen molar-refractivity contribution < 1.29 is 18.7 Å². The van der Waals surface area contributed by atoms with Crippen LogP contribution in [-0.4, -0.2) is 57.0 Å². The first kappa shape index (κ1) is 21.4. The average molecular weight is 421 g/mol. The highest BCUT2D eigenvalue weighted by molar-refractivity contribution is 7.99. The number of nitrogens with zero attached hydrogens (tertiary/aromatic N) is 4. The highest BCUT2D eigenvalue weighted by atomic mass is 32.2. The zero-order valence-corrected chi connectivity index (χ0v) is 18.0. The lowest BCUT2D eigenvalue weighted by molar-refractivity contribution is -0.142. The monoisotopic (exact) mass is 420 g/mol. The van der Waals surface area contributed by atoms with Gasteiger partial charge in [-0.1, -0.05) is 25.6 Å². The number of furan rings is 1. The molecule has 1 aliphatic heterocycles. The third kappa shape index (κ3) is 5.85. The van der Waals surface area contributed by atoms with Crippen LogP contribution >= 0.6 is 11.8 Å². The number of thioether (sulfide) groups is 1. The molecule has 1 fully saturated rings. The molecule has 0 bridgehead atoms. The van der Waals surface area contributed by atoms with Gasteiger partial charge in [0.05, 0.1) is 25.2 Å². The molecule has 1 saturated heterocycles. The molecule has 2 atom stereocenters. The number of piperidine rings is 1. The number of likely N-dealkylation sites (tertiary alicyclic amines) is 1. The van der Waals surface area contributed by atoms with Crippen LogP contribution in [0.3, 0.4) is 0 Å². The zero-order valence-electron chi connectivity index (χ0n) is 17.2. The Balaban J connectivity index is 1.69. The Hall–Kier alpha value is -2.29. The van der Waals surface area contributed by atoms with Gasteiger partial charge in [0.2, 0.25) is 5.91 Å². The Bertz CT molecular complexity index is 811. The lowest BCUT2D eigenvalue weighted by atomic mass is 9.92. The van der Waals surface area contributed by atoms with Gasteiger partial charge in [-0.25, -0.2) is 0 Å². The van der Waals surface area contributed by atoms with Crippen LogP contribution in [-0.2, 0) is 27.3 Å². The number of amides is 1.